The molecule has 0 atom stereocenters. The molecule has 0 unspecified atom stereocenters. The van der Waals surface area contributed by atoms with Crippen LogP contribution in [0.1, 0.15) is 36.9 Å². The first-order valence-corrected chi connectivity index (χ1v) is 7.67. The lowest BCUT2D eigenvalue weighted by atomic mass is 10.2. The maximum atomic E-state index is 11.2. The summed E-state index contributed by atoms with van der Waals surface area (Å²) in [5, 5.41) is 3.24. The molecule has 20 heavy (non-hydrogen) atoms. The minimum Gasteiger partial charge on any atom is -0.469 e. The lowest BCUT2D eigenvalue weighted by Gasteiger charge is -2.20. The Balaban J connectivity index is 2.55. The van der Waals surface area contributed by atoms with Gasteiger partial charge in [0.15, 0.2) is 0 Å². The molecule has 0 saturated heterocycles. The third kappa shape index (κ3) is 5.98. The molecule has 0 aromatic carbocycles. The topological polar surface area (TPSA) is 51.7 Å². The van der Waals surface area contributed by atoms with Crippen molar-refractivity contribution in [1.29, 1.82) is 0 Å². The number of carbonyl (C=O) groups excluding carboxylic acids is 1. The first-order chi connectivity index (χ1) is 9.56. The molecule has 5 nitrogen and oxygen atoms in total. The maximum Gasteiger partial charge on any atom is 0.306 e. The van der Waals surface area contributed by atoms with Crippen LogP contribution < -0.4 is 0 Å². The molecule has 1 rings (SSSR count). The molecule has 6 heteroatoms. The second-order valence-corrected chi connectivity index (χ2v) is 5.82. The number of ether oxygens (including phenoxy) is 2. The van der Waals surface area contributed by atoms with E-state index in [1.165, 1.54) is 7.11 Å². The van der Waals surface area contributed by atoms with Crippen molar-refractivity contribution in [3.63, 3.8) is 0 Å². The highest BCUT2D eigenvalue weighted by atomic mass is 32.1. The number of nitrogens with zero attached hydrogens (tertiary/aromatic N) is 2. The van der Waals surface area contributed by atoms with E-state index in [1.54, 1.807) is 18.4 Å². The third-order valence-corrected chi connectivity index (χ3v) is 4.11. The fraction of sp³-hybridized carbons (Fsp3) is 0.714. The number of hydrogen-bond acceptors (Lipinski definition) is 6. The van der Waals surface area contributed by atoms with Crippen LogP contribution in [-0.4, -0.2) is 49.8 Å². The summed E-state index contributed by atoms with van der Waals surface area (Å²) in [6, 6.07) is 0. The molecule has 0 radical (unpaired) electrons. The standard InChI is InChI=1S/C14H24N2O3S/c1-11(2)14-15-12(10-20-14)9-16(7-8-18-3)6-5-13(17)19-4/h10-11H,5-9H2,1-4H3. The zero-order chi connectivity index (χ0) is 15.0. The molecule has 0 aliphatic rings. The fourth-order valence-corrected chi connectivity index (χ4v) is 2.56. The summed E-state index contributed by atoms with van der Waals surface area (Å²) in [7, 11) is 3.09. The quantitative estimate of drug-likeness (QED) is 0.655. The fourth-order valence-electron chi connectivity index (χ4n) is 1.73. The van der Waals surface area contributed by atoms with Crippen molar-refractivity contribution < 1.29 is 14.3 Å². The Morgan fingerprint density at radius 1 is 1.40 bits per heavy atom. The Morgan fingerprint density at radius 2 is 2.15 bits per heavy atom. The Morgan fingerprint density at radius 3 is 2.70 bits per heavy atom. The number of methoxy groups -OCH3 is 2. The zero-order valence-corrected chi connectivity index (χ0v) is 13.5. The van der Waals surface area contributed by atoms with Gasteiger partial charge in [0.05, 0.1) is 30.8 Å². The third-order valence-electron chi connectivity index (χ3n) is 2.92. The van der Waals surface area contributed by atoms with Gasteiger partial charge < -0.3 is 9.47 Å². The highest BCUT2D eigenvalue weighted by molar-refractivity contribution is 7.09. The molecule has 0 amide bonds. The maximum absolute atomic E-state index is 11.2. The molecule has 1 aromatic heterocycles. The van der Waals surface area contributed by atoms with Crippen LogP contribution in [0.4, 0.5) is 0 Å². The highest BCUT2D eigenvalue weighted by Crippen LogP contribution is 2.20. The number of esters is 1. The lowest BCUT2D eigenvalue weighted by Crippen LogP contribution is -2.29. The molecule has 0 aliphatic carbocycles. The molecular formula is C14H24N2O3S. The van der Waals surface area contributed by atoms with Crippen LogP contribution in [0.3, 0.4) is 0 Å². The summed E-state index contributed by atoms with van der Waals surface area (Å²) in [6.07, 6.45) is 0.390. The zero-order valence-electron chi connectivity index (χ0n) is 12.7. The van der Waals surface area contributed by atoms with Crippen molar-refractivity contribution in [2.45, 2.75) is 32.7 Å². The van der Waals surface area contributed by atoms with E-state index in [4.69, 9.17) is 4.74 Å². The molecule has 0 saturated carbocycles. The number of hydrogen-bond donors (Lipinski definition) is 0. The van der Waals surface area contributed by atoms with Crippen LogP contribution in [0.15, 0.2) is 5.38 Å². The Hall–Kier alpha value is -0.980. The van der Waals surface area contributed by atoms with E-state index in [0.717, 1.165) is 23.8 Å². The molecule has 1 aromatic rings. The van der Waals surface area contributed by atoms with Crippen LogP contribution >= 0.6 is 11.3 Å². The molecule has 114 valence electrons. The lowest BCUT2D eigenvalue weighted by molar-refractivity contribution is -0.141. The molecule has 0 aliphatic heterocycles. The monoisotopic (exact) mass is 300 g/mol. The van der Waals surface area contributed by atoms with E-state index in [-0.39, 0.29) is 5.97 Å². The van der Waals surface area contributed by atoms with Crippen LogP contribution in [0.2, 0.25) is 0 Å². The smallest absolute Gasteiger partial charge is 0.306 e. The number of aromatic nitrogens is 1. The van der Waals surface area contributed by atoms with E-state index in [0.29, 0.717) is 25.5 Å². The van der Waals surface area contributed by atoms with Gasteiger partial charge in [-0.05, 0) is 0 Å². The highest BCUT2D eigenvalue weighted by Gasteiger charge is 2.12. The van der Waals surface area contributed by atoms with E-state index in [2.05, 4.69) is 33.8 Å². The van der Waals surface area contributed by atoms with Crippen molar-refractivity contribution in [2.75, 3.05) is 33.9 Å². The van der Waals surface area contributed by atoms with Gasteiger partial charge in [0.1, 0.15) is 0 Å². The second-order valence-electron chi connectivity index (χ2n) is 4.93. The number of thiazole rings is 1. The SMILES string of the molecule is COCCN(CCC(=O)OC)Cc1csc(C(C)C)n1. The summed E-state index contributed by atoms with van der Waals surface area (Å²) in [5.41, 5.74) is 1.06. The Bertz CT molecular complexity index is 407. The summed E-state index contributed by atoms with van der Waals surface area (Å²) in [4.78, 5) is 18.0. The van der Waals surface area contributed by atoms with Gasteiger partial charge in [-0.2, -0.15) is 0 Å². The first-order valence-electron chi connectivity index (χ1n) is 6.79. The normalized spacial score (nSPS) is 11.3. The Labute approximate surface area is 124 Å². The molecule has 0 N–H and O–H groups in total. The average molecular weight is 300 g/mol. The van der Waals surface area contributed by atoms with Crippen molar-refractivity contribution in [2.24, 2.45) is 0 Å². The van der Waals surface area contributed by atoms with Crippen LogP contribution in [-0.2, 0) is 20.8 Å². The van der Waals surface area contributed by atoms with E-state index >= 15 is 0 Å². The van der Waals surface area contributed by atoms with Crippen molar-refractivity contribution >= 4 is 17.3 Å². The van der Waals surface area contributed by atoms with Crippen molar-refractivity contribution in [1.82, 2.24) is 9.88 Å². The number of carbonyl (C=O) groups is 1. The molecule has 0 fully saturated rings. The van der Waals surface area contributed by atoms with Gasteiger partial charge in [-0.3, -0.25) is 9.69 Å². The predicted molar refractivity (Wildman–Crippen MR) is 80.0 cm³/mol. The summed E-state index contributed by atoms with van der Waals surface area (Å²) >= 11 is 1.69. The molecule has 1 heterocycles. The summed E-state index contributed by atoms with van der Waals surface area (Å²) < 4.78 is 9.79. The van der Waals surface area contributed by atoms with Crippen LogP contribution in [0.5, 0.6) is 0 Å². The van der Waals surface area contributed by atoms with Crippen molar-refractivity contribution in [3.05, 3.63) is 16.1 Å². The largest absolute Gasteiger partial charge is 0.469 e. The van der Waals surface area contributed by atoms with E-state index in [1.807, 2.05) is 0 Å². The minimum absolute atomic E-state index is 0.187. The van der Waals surface area contributed by atoms with Gasteiger partial charge in [-0.1, -0.05) is 13.8 Å². The number of rotatable bonds is 9. The van der Waals surface area contributed by atoms with Crippen LogP contribution in [0.25, 0.3) is 0 Å². The van der Waals surface area contributed by atoms with Gasteiger partial charge in [0, 0.05) is 38.0 Å². The van der Waals surface area contributed by atoms with E-state index < -0.39 is 0 Å². The van der Waals surface area contributed by atoms with Gasteiger partial charge in [-0.15, -0.1) is 11.3 Å². The van der Waals surface area contributed by atoms with E-state index in [9.17, 15) is 4.79 Å². The van der Waals surface area contributed by atoms with Gasteiger partial charge in [0.25, 0.3) is 0 Å². The van der Waals surface area contributed by atoms with Gasteiger partial charge in [0.2, 0.25) is 0 Å². The molecule has 0 spiro atoms. The minimum atomic E-state index is -0.187. The second kappa shape index (κ2) is 9.05. The Kier molecular flexibility index (Phi) is 7.72. The first kappa shape index (κ1) is 17.1. The molecular weight excluding hydrogens is 276 g/mol. The van der Waals surface area contributed by atoms with Gasteiger partial charge >= 0.3 is 5.97 Å². The average Bonchev–Trinajstić information content (AvgIpc) is 2.90. The van der Waals surface area contributed by atoms with Gasteiger partial charge in [-0.25, -0.2) is 4.98 Å². The predicted octanol–water partition coefficient (Wildman–Crippen LogP) is 2.28. The summed E-state index contributed by atoms with van der Waals surface area (Å²) in [5.74, 6) is 0.268. The summed E-state index contributed by atoms with van der Waals surface area (Å²) in [6.45, 7) is 7.10. The van der Waals surface area contributed by atoms with Crippen molar-refractivity contribution in [3.8, 4) is 0 Å². The van der Waals surface area contributed by atoms with Crippen LogP contribution in [0, 0.1) is 0 Å². The molecule has 0 bridgehead atoms.